The fourth-order valence-electron chi connectivity index (χ4n) is 4.45. The van der Waals surface area contributed by atoms with Crippen LogP contribution in [0.1, 0.15) is 12.8 Å². The van der Waals surface area contributed by atoms with Gasteiger partial charge >= 0.3 is 0 Å². The molecule has 5 nitrogen and oxygen atoms in total. The molecule has 0 bridgehead atoms. The van der Waals surface area contributed by atoms with E-state index in [1.807, 2.05) is 65.0 Å². The Morgan fingerprint density at radius 3 is 2.03 bits per heavy atom. The molecule has 6 heteroatoms. The summed E-state index contributed by atoms with van der Waals surface area (Å²) in [5, 5.41) is 4.86. The average molecular weight is 476 g/mol. The van der Waals surface area contributed by atoms with E-state index in [4.69, 9.17) is 10.1 Å². The number of hydrogen-bond donors (Lipinski definition) is 0. The third-order valence-corrected chi connectivity index (χ3v) is 7.26. The highest BCUT2D eigenvalue weighted by Crippen LogP contribution is 2.47. The second-order valence-corrected chi connectivity index (χ2v) is 9.54. The monoisotopic (exact) mass is 475 g/mol. The Hall–Kier alpha value is -3.90. The standard InChI is InChI=1S/C29H25N5S/c1-2-12-22(13-3-1)28-31-29(23-14-8-9-19-30-23)34(32-28)21-11-10-20-33-24-15-4-6-17-26(24)35-27-18-7-5-16-25(27)33/h1-9,12-19H,10-11,20-21H2. The molecule has 6 rings (SSSR count). The van der Waals surface area contributed by atoms with Gasteiger partial charge in [-0.3, -0.25) is 4.98 Å². The summed E-state index contributed by atoms with van der Waals surface area (Å²) >= 11 is 1.85. The molecular formula is C29H25N5S. The van der Waals surface area contributed by atoms with E-state index >= 15 is 0 Å². The van der Waals surface area contributed by atoms with Crippen LogP contribution in [-0.4, -0.2) is 26.3 Å². The maximum atomic E-state index is 4.86. The lowest BCUT2D eigenvalue weighted by atomic mass is 10.2. The lowest BCUT2D eigenvalue weighted by molar-refractivity contribution is 0.563. The van der Waals surface area contributed by atoms with Gasteiger partial charge in [0.05, 0.1) is 11.4 Å². The molecule has 1 aliphatic heterocycles. The van der Waals surface area contributed by atoms with E-state index in [0.717, 1.165) is 48.8 Å². The molecule has 0 fully saturated rings. The highest BCUT2D eigenvalue weighted by atomic mass is 32.2. The molecule has 0 unspecified atom stereocenters. The lowest BCUT2D eigenvalue weighted by Gasteiger charge is -2.32. The number of para-hydroxylation sites is 2. The van der Waals surface area contributed by atoms with Crippen molar-refractivity contribution >= 4 is 23.1 Å². The predicted octanol–water partition coefficient (Wildman–Crippen LogP) is 7.09. The normalized spacial score (nSPS) is 12.3. The molecular weight excluding hydrogens is 450 g/mol. The number of pyridine rings is 1. The van der Waals surface area contributed by atoms with Crippen molar-refractivity contribution in [1.82, 2.24) is 19.7 Å². The van der Waals surface area contributed by atoms with E-state index in [2.05, 4.69) is 58.4 Å². The van der Waals surface area contributed by atoms with Gasteiger partial charge in [-0.15, -0.1) is 0 Å². The van der Waals surface area contributed by atoms with Crippen molar-refractivity contribution in [1.29, 1.82) is 0 Å². The van der Waals surface area contributed by atoms with Gasteiger partial charge in [0.1, 0.15) is 5.69 Å². The Balaban J connectivity index is 1.21. The predicted molar refractivity (Wildman–Crippen MR) is 142 cm³/mol. The number of anilines is 2. The Morgan fingerprint density at radius 2 is 1.31 bits per heavy atom. The first-order valence-corrected chi connectivity index (χ1v) is 12.7. The first-order chi connectivity index (χ1) is 17.4. The Morgan fingerprint density at radius 1 is 0.657 bits per heavy atom. The lowest BCUT2D eigenvalue weighted by Crippen LogP contribution is -2.22. The molecule has 0 spiro atoms. The summed E-state index contributed by atoms with van der Waals surface area (Å²) in [7, 11) is 0. The molecule has 35 heavy (non-hydrogen) atoms. The minimum atomic E-state index is 0.738. The van der Waals surface area contributed by atoms with Gasteiger partial charge in [-0.2, -0.15) is 5.10 Å². The molecule has 172 valence electrons. The zero-order chi connectivity index (χ0) is 23.5. The van der Waals surface area contributed by atoms with Crippen LogP contribution in [0.5, 0.6) is 0 Å². The van der Waals surface area contributed by atoms with Crippen LogP contribution >= 0.6 is 11.8 Å². The Labute approximate surface area is 209 Å². The summed E-state index contributed by atoms with van der Waals surface area (Å²) in [6.07, 6.45) is 3.83. The van der Waals surface area contributed by atoms with Crippen molar-refractivity contribution in [3.63, 3.8) is 0 Å². The van der Waals surface area contributed by atoms with Crippen LogP contribution in [0.15, 0.2) is 113 Å². The number of rotatable bonds is 7. The van der Waals surface area contributed by atoms with Crippen molar-refractivity contribution < 1.29 is 0 Å². The fourth-order valence-corrected chi connectivity index (χ4v) is 5.54. The molecule has 3 heterocycles. The molecule has 0 saturated heterocycles. The molecule has 3 aromatic carbocycles. The third kappa shape index (κ3) is 4.45. The summed E-state index contributed by atoms with van der Waals surface area (Å²) in [5.41, 5.74) is 4.44. The largest absolute Gasteiger partial charge is 0.340 e. The smallest absolute Gasteiger partial charge is 0.181 e. The zero-order valence-corrected chi connectivity index (χ0v) is 20.1. The first kappa shape index (κ1) is 21.6. The number of hydrogen-bond acceptors (Lipinski definition) is 5. The summed E-state index contributed by atoms with van der Waals surface area (Å²) in [6, 6.07) is 33.4. The van der Waals surface area contributed by atoms with Crippen molar-refractivity contribution in [2.75, 3.05) is 11.4 Å². The van der Waals surface area contributed by atoms with Gasteiger partial charge in [0.2, 0.25) is 0 Å². The number of aromatic nitrogens is 4. The Kier molecular flexibility index (Phi) is 6.03. The van der Waals surface area contributed by atoms with Crippen molar-refractivity contribution in [3.8, 4) is 22.9 Å². The summed E-state index contributed by atoms with van der Waals surface area (Å²) < 4.78 is 2.01. The minimum absolute atomic E-state index is 0.738. The second kappa shape index (κ2) is 9.76. The van der Waals surface area contributed by atoms with Crippen molar-refractivity contribution in [2.24, 2.45) is 0 Å². The number of nitrogens with zero attached hydrogens (tertiary/aromatic N) is 5. The van der Waals surface area contributed by atoms with Gasteiger partial charge in [0.15, 0.2) is 11.6 Å². The summed E-state index contributed by atoms with van der Waals surface area (Å²) in [4.78, 5) is 14.5. The second-order valence-electron chi connectivity index (χ2n) is 8.46. The van der Waals surface area contributed by atoms with Gasteiger partial charge in [0, 0.05) is 34.6 Å². The molecule has 0 N–H and O–H groups in total. The molecule has 0 amide bonds. The van der Waals surface area contributed by atoms with E-state index < -0.39 is 0 Å². The van der Waals surface area contributed by atoms with Crippen LogP contribution in [0.4, 0.5) is 11.4 Å². The molecule has 5 aromatic rings. The molecule has 2 aromatic heterocycles. The zero-order valence-electron chi connectivity index (χ0n) is 19.3. The molecule has 0 radical (unpaired) electrons. The van der Waals surface area contributed by atoms with Crippen LogP contribution in [0, 0.1) is 0 Å². The van der Waals surface area contributed by atoms with Crippen LogP contribution < -0.4 is 4.90 Å². The molecule has 0 atom stereocenters. The SMILES string of the molecule is c1ccc(-c2nc(-c3ccccn3)n(CCCCN3c4ccccc4Sc4ccccc43)n2)cc1. The van der Waals surface area contributed by atoms with Gasteiger partial charge < -0.3 is 4.90 Å². The van der Waals surface area contributed by atoms with Crippen LogP contribution in [-0.2, 0) is 6.54 Å². The Bertz CT molecular complexity index is 1390. The maximum Gasteiger partial charge on any atom is 0.181 e. The maximum absolute atomic E-state index is 4.86. The van der Waals surface area contributed by atoms with Gasteiger partial charge in [-0.1, -0.05) is 72.4 Å². The molecule has 0 saturated carbocycles. The van der Waals surface area contributed by atoms with Crippen LogP contribution in [0.2, 0.25) is 0 Å². The number of fused-ring (bicyclic) bond motifs is 2. The van der Waals surface area contributed by atoms with E-state index in [-0.39, 0.29) is 0 Å². The number of unbranched alkanes of at least 4 members (excludes halogenated alkanes) is 1. The number of benzene rings is 3. The number of aryl methyl sites for hydroxylation is 1. The fraction of sp³-hybridized carbons (Fsp3) is 0.138. The van der Waals surface area contributed by atoms with Crippen molar-refractivity contribution in [2.45, 2.75) is 29.2 Å². The highest BCUT2D eigenvalue weighted by molar-refractivity contribution is 7.99. The van der Waals surface area contributed by atoms with E-state index in [1.165, 1.54) is 21.2 Å². The van der Waals surface area contributed by atoms with Crippen molar-refractivity contribution in [3.05, 3.63) is 103 Å². The highest BCUT2D eigenvalue weighted by Gasteiger charge is 2.22. The van der Waals surface area contributed by atoms with E-state index in [9.17, 15) is 0 Å². The van der Waals surface area contributed by atoms with Gasteiger partial charge in [-0.05, 0) is 49.2 Å². The molecule has 0 aliphatic carbocycles. The average Bonchev–Trinajstić information content (AvgIpc) is 3.36. The van der Waals surface area contributed by atoms with Gasteiger partial charge in [0.25, 0.3) is 0 Å². The van der Waals surface area contributed by atoms with Crippen LogP contribution in [0.3, 0.4) is 0 Å². The quantitative estimate of drug-likeness (QED) is 0.235. The summed E-state index contributed by atoms with van der Waals surface area (Å²) in [6.45, 7) is 1.74. The third-order valence-electron chi connectivity index (χ3n) is 6.13. The first-order valence-electron chi connectivity index (χ1n) is 11.9. The molecule has 1 aliphatic rings. The van der Waals surface area contributed by atoms with Gasteiger partial charge in [-0.25, -0.2) is 9.67 Å². The van der Waals surface area contributed by atoms with Crippen LogP contribution in [0.25, 0.3) is 22.9 Å². The summed E-state index contributed by atoms with van der Waals surface area (Å²) in [5.74, 6) is 1.55. The minimum Gasteiger partial charge on any atom is -0.340 e. The van der Waals surface area contributed by atoms with E-state index in [0.29, 0.717) is 0 Å². The van der Waals surface area contributed by atoms with E-state index in [1.54, 1.807) is 6.20 Å². The topological polar surface area (TPSA) is 46.8 Å².